The Morgan fingerprint density at radius 2 is 2.14 bits per heavy atom. The van der Waals surface area contributed by atoms with Gasteiger partial charge in [-0.2, -0.15) is 9.57 Å². The Kier molecular flexibility index (Phi) is 4.53. The molecule has 0 aromatic rings. The van der Waals surface area contributed by atoms with Gasteiger partial charge in [-0.3, -0.25) is 4.79 Å². The maximum absolute atomic E-state index is 11.5. The summed E-state index contributed by atoms with van der Waals surface area (Å²) in [6.45, 7) is 2.58. The lowest BCUT2D eigenvalue weighted by Gasteiger charge is -2.19. The molecule has 0 saturated heterocycles. The number of primary amides is 1. The van der Waals surface area contributed by atoms with Crippen LogP contribution in [0.1, 0.15) is 13.8 Å². The molecule has 2 N–H and O–H groups in total. The highest BCUT2D eigenvalue weighted by Crippen LogP contribution is 2.07. The molecule has 0 aliphatic heterocycles. The first kappa shape index (κ1) is 12.9. The molecule has 0 spiro atoms. The maximum Gasteiger partial charge on any atom is 0.232 e. The van der Waals surface area contributed by atoms with Crippen LogP contribution in [0.4, 0.5) is 0 Å². The smallest absolute Gasteiger partial charge is 0.232 e. The van der Waals surface area contributed by atoms with E-state index in [1.165, 1.54) is 6.92 Å². The third-order valence-corrected chi connectivity index (χ3v) is 3.78. The number of sulfonamides is 1. The van der Waals surface area contributed by atoms with E-state index < -0.39 is 21.2 Å². The first-order valence-electron chi connectivity index (χ1n) is 4.03. The molecule has 7 heteroatoms. The molecule has 0 bridgehead atoms. The summed E-state index contributed by atoms with van der Waals surface area (Å²) in [4.78, 5) is 10.6. The minimum Gasteiger partial charge on any atom is -0.369 e. The molecule has 6 nitrogen and oxygen atoms in total. The van der Waals surface area contributed by atoms with Gasteiger partial charge < -0.3 is 5.73 Å². The molecule has 0 aromatic carbocycles. The number of hydrogen-bond donors (Lipinski definition) is 1. The molecule has 1 unspecified atom stereocenters. The van der Waals surface area contributed by atoms with E-state index in [1.54, 1.807) is 13.0 Å². The van der Waals surface area contributed by atoms with Gasteiger partial charge in [-0.15, -0.1) is 0 Å². The lowest BCUT2D eigenvalue weighted by molar-refractivity contribution is -0.118. The van der Waals surface area contributed by atoms with Crippen molar-refractivity contribution in [2.24, 2.45) is 5.73 Å². The van der Waals surface area contributed by atoms with Crippen LogP contribution < -0.4 is 5.73 Å². The van der Waals surface area contributed by atoms with Crippen molar-refractivity contribution in [3.05, 3.63) is 0 Å². The van der Waals surface area contributed by atoms with Gasteiger partial charge in [0.1, 0.15) is 0 Å². The van der Waals surface area contributed by atoms with Gasteiger partial charge in [-0.05, 0) is 6.92 Å². The van der Waals surface area contributed by atoms with Gasteiger partial charge in [-0.1, -0.05) is 6.92 Å². The molecule has 0 aliphatic rings. The number of nitrogens with two attached hydrogens (primary N) is 1. The van der Waals surface area contributed by atoms with Gasteiger partial charge in [0, 0.05) is 6.54 Å². The monoisotopic (exact) mass is 219 g/mol. The molecule has 0 aliphatic carbocycles. The van der Waals surface area contributed by atoms with E-state index >= 15 is 0 Å². The summed E-state index contributed by atoms with van der Waals surface area (Å²) < 4.78 is 23.9. The Morgan fingerprint density at radius 3 is 2.43 bits per heavy atom. The fourth-order valence-corrected chi connectivity index (χ4v) is 2.09. The third kappa shape index (κ3) is 2.97. The number of amides is 1. The van der Waals surface area contributed by atoms with Crippen LogP contribution >= 0.6 is 0 Å². The summed E-state index contributed by atoms with van der Waals surface area (Å²) >= 11 is 0. The maximum atomic E-state index is 11.5. The van der Waals surface area contributed by atoms with Crippen LogP contribution in [-0.2, 0) is 14.8 Å². The van der Waals surface area contributed by atoms with Crippen LogP contribution in [0.15, 0.2) is 0 Å². The zero-order valence-electron chi connectivity index (χ0n) is 8.10. The van der Waals surface area contributed by atoms with Crippen molar-refractivity contribution in [2.75, 3.05) is 13.1 Å². The lowest BCUT2D eigenvalue weighted by Crippen LogP contribution is -2.42. The van der Waals surface area contributed by atoms with E-state index in [9.17, 15) is 13.2 Å². The van der Waals surface area contributed by atoms with Crippen LogP contribution in [-0.4, -0.2) is 37.0 Å². The average Bonchev–Trinajstić information content (AvgIpc) is 2.12. The van der Waals surface area contributed by atoms with E-state index in [0.29, 0.717) is 0 Å². The van der Waals surface area contributed by atoms with Crippen molar-refractivity contribution in [3.63, 3.8) is 0 Å². The normalized spacial score (nSPS) is 13.6. The van der Waals surface area contributed by atoms with Gasteiger partial charge in [0.2, 0.25) is 15.9 Å². The van der Waals surface area contributed by atoms with Crippen LogP contribution in [0.25, 0.3) is 0 Å². The standard InChI is InChI=1S/C7H13N3O3S/c1-3-10(5-7(9)11)14(12,13)6(2)4-8/h6H,3,5H2,1-2H3,(H2,9,11). The highest BCUT2D eigenvalue weighted by atomic mass is 32.2. The molecular formula is C7H13N3O3S. The fourth-order valence-electron chi connectivity index (χ4n) is 0.846. The highest BCUT2D eigenvalue weighted by Gasteiger charge is 2.28. The molecule has 1 amide bonds. The molecule has 80 valence electrons. The third-order valence-electron chi connectivity index (χ3n) is 1.67. The molecule has 1 atom stereocenters. The number of carbonyl (C=O) groups excluding carboxylic acids is 1. The van der Waals surface area contributed by atoms with Gasteiger partial charge in [-0.25, -0.2) is 8.42 Å². The number of likely N-dealkylation sites (N-methyl/N-ethyl adjacent to an activating group) is 1. The second-order valence-electron chi connectivity index (χ2n) is 2.71. The minimum atomic E-state index is -3.72. The van der Waals surface area contributed by atoms with Gasteiger partial charge in [0.25, 0.3) is 0 Å². The molecule has 0 rings (SSSR count). The highest BCUT2D eigenvalue weighted by molar-refractivity contribution is 7.90. The van der Waals surface area contributed by atoms with E-state index in [4.69, 9.17) is 11.0 Å². The summed E-state index contributed by atoms with van der Waals surface area (Å²) in [5.74, 6) is -0.736. The summed E-state index contributed by atoms with van der Waals surface area (Å²) in [7, 11) is -3.72. The van der Waals surface area contributed by atoms with Crippen LogP contribution in [0.5, 0.6) is 0 Å². The second-order valence-corrected chi connectivity index (χ2v) is 4.96. The topological polar surface area (TPSA) is 104 Å². The lowest BCUT2D eigenvalue weighted by atomic mass is 10.5. The largest absolute Gasteiger partial charge is 0.369 e. The Labute approximate surface area is 83.3 Å². The first-order chi connectivity index (χ1) is 6.36. The number of nitriles is 1. The number of hydrogen-bond acceptors (Lipinski definition) is 4. The van der Waals surface area contributed by atoms with Crippen molar-refractivity contribution in [3.8, 4) is 6.07 Å². The van der Waals surface area contributed by atoms with Crippen molar-refractivity contribution < 1.29 is 13.2 Å². The van der Waals surface area contributed by atoms with Crippen LogP contribution in [0.2, 0.25) is 0 Å². The van der Waals surface area contributed by atoms with Crippen molar-refractivity contribution in [1.29, 1.82) is 5.26 Å². The summed E-state index contributed by atoms with van der Waals surface area (Å²) in [5, 5.41) is 7.31. The van der Waals surface area contributed by atoms with Crippen LogP contribution in [0.3, 0.4) is 0 Å². The van der Waals surface area contributed by atoms with Gasteiger partial charge >= 0.3 is 0 Å². The number of rotatable bonds is 5. The number of nitrogens with zero attached hydrogens (tertiary/aromatic N) is 2. The molecule has 0 fully saturated rings. The van der Waals surface area contributed by atoms with Crippen molar-refractivity contribution >= 4 is 15.9 Å². The SMILES string of the molecule is CCN(CC(N)=O)S(=O)(=O)C(C)C#N. The predicted octanol–water partition coefficient (Wildman–Crippen LogP) is -0.965. The zero-order valence-corrected chi connectivity index (χ0v) is 8.91. The Morgan fingerprint density at radius 1 is 1.64 bits per heavy atom. The van der Waals surface area contributed by atoms with Gasteiger partial charge in [0.05, 0.1) is 12.6 Å². The van der Waals surface area contributed by atoms with E-state index in [1.807, 2.05) is 0 Å². The molecular weight excluding hydrogens is 206 g/mol. The summed E-state index contributed by atoms with van der Waals surface area (Å²) in [6.07, 6.45) is 0. The van der Waals surface area contributed by atoms with Crippen molar-refractivity contribution in [1.82, 2.24) is 4.31 Å². The Balaban J connectivity index is 4.86. The minimum absolute atomic E-state index is 0.122. The zero-order chi connectivity index (χ0) is 11.4. The molecule has 0 saturated carbocycles. The fraction of sp³-hybridized carbons (Fsp3) is 0.714. The Hall–Kier alpha value is -1.13. The van der Waals surface area contributed by atoms with E-state index in [-0.39, 0.29) is 13.1 Å². The summed E-state index contributed by atoms with van der Waals surface area (Å²) in [6, 6.07) is 1.61. The average molecular weight is 219 g/mol. The molecule has 0 radical (unpaired) electrons. The first-order valence-corrected chi connectivity index (χ1v) is 5.53. The second kappa shape index (κ2) is 4.93. The Bertz CT molecular complexity index is 344. The van der Waals surface area contributed by atoms with E-state index in [0.717, 1.165) is 4.31 Å². The molecule has 14 heavy (non-hydrogen) atoms. The quantitative estimate of drug-likeness (QED) is 0.642. The summed E-state index contributed by atoms with van der Waals surface area (Å²) in [5.41, 5.74) is 4.88. The number of carbonyl (C=O) groups is 1. The molecule has 0 heterocycles. The predicted molar refractivity (Wildman–Crippen MR) is 50.4 cm³/mol. The van der Waals surface area contributed by atoms with Crippen molar-refractivity contribution in [2.45, 2.75) is 19.1 Å². The van der Waals surface area contributed by atoms with Crippen LogP contribution in [0, 0.1) is 11.3 Å². The van der Waals surface area contributed by atoms with Gasteiger partial charge in [0.15, 0.2) is 5.25 Å². The molecule has 0 aromatic heterocycles. The van der Waals surface area contributed by atoms with E-state index in [2.05, 4.69) is 0 Å².